The molecule has 110 valence electrons. The molecule has 0 atom stereocenters. The van der Waals surface area contributed by atoms with Gasteiger partial charge in [-0.3, -0.25) is 9.48 Å². The van der Waals surface area contributed by atoms with Crippen LogP contribution in [0, 0.1) is 0 Å². The van der Waals surface area contributed by atoms with Gasteiger partial charge >= 0.3 is 0 Å². The van der Waals surface area contributed by atoms with Crippen molar-refractivity contribution in [1.82, 2.24) is 9.78 Å². The highest BCUT2D eigenvalue weighted by Crippen LogP contribution is 2.26. The van der Waals surface area contributed by atoms with Crippen molar-refractivity contribution in [3.8, 4) is 5.75 Å². The minimum Gasteiger partial charge on any atom is -0.493 e. The van der Waals surface area contributed by atoms with E-state index in [-0.39, 0.29) is 5.78 Å². The van der Waals surface area contributed by atoms with Gasteiger partial charge in [0, 0.05) is 26.1 Å². The Kier molecular flexibility index (Phi) is 3.78. The van der Waals surface area contributed by atoms with Crippen molar-refractivity contribution in [1.29, 1.82) is 0 Å². The summed E-state index contributed by atoms with van der Waals surface area (Å²) < 4.78 is 7.22. The molecule has 1 aliphatic heterocycles. The van der Waals surface area contributed by atoms with E-state index in [2.05, 4.69) is 17.2 Å². The van der Waals surface area contributed by atoms with Crippen LogP contribution in [0.1, 0.15) is 40.5 Å². The minimum atomic E-state index is 0.177. The third-order valence-corrected chi connectivity index (χ3v) is 3.94. The van der Waals surface area contributed by atoms with Crippen LogP contribution in [0.2, 0.25) is 0 Å². The minimum absolute atomic E-state index is 0.177. The maximum absolute atomic E-state index is 12.4. The van der Waals surface area contributed by atoms with Crippen molar-refractivity contribution in [2.75, 3.05) is 6.61 Å². The van der Waals surface area contributed by atoms with Gasteiger partial charge in [0.15, 0.2) is 5.78 Å². The van der Waals surface area contributed by atoms with Crippen LogP contribution >= 0.6 is 0 Å². The molecule has 21 heavy (non-hydrogen) atoms. The van der Waals surface area contributed by atoms with Crippen molar-refractivity contribution < 1.29 is 9.53 Å². The van der Waals surface area contributed by atoms with E-state index in [4.69, 9.17) is 4.74 Å². The molecule has 1 aromatic heterocycles. The molecule has 3 rings (SSSR count). The van der Waals surface area contributed by atoms with E-state index in [0.717, 1.165) is 42.9 Å². The molecule has 1 aromatic carbocycles. The first-order valence-corrected chi connectivity index (χ1v) is 7.47. The first-order chi connectivity index (χ1) is 10.2. The number of hydrogen-bond acceptors (Lipinski definition) is 3. The molecule has 4 heteroatoms. The molecule has 0 spiro atoms. The molecule has 0 saturated heterocycles. The fraction of sp³-hybridized carbons (Fsp3) is 0.412. The Hall–Kier alpha value is -2.10. The van der Waals surface area contributed by atoms with E-state index in [0.29, 0.717) is 6.42 Å². The summed E-state index contributed by atoms with van der Waals surface area (Å²) in [7, 11) is 1.86. The third-order valence-electron chi connectivity index (χ3n) is 3.94. The normalized spacial score (nSPS) is 13.0. The maximum Gasteiger partial charge on any atom is 0.166 e. The molecule has 0 amide bonds. The molecular weight excluding hydrogens is 264 g/mol. The molecule has 0 radical (unpaired) electrons. The number of aryl methyl sites for hydroxylation is 3. The molecule has 0 bridgehead atoms. The van der Waals surface area contributed by atoms with Crippen LogP contribution in [0.15, 0.2) is 24.4 Å². The second-order valence-corrected chi connectivity index (χ2v) is 5.48. The van der Waals surface area contributed by atoms with Crippen molar-refractivity contribution >= 4 is 5.78 Å². The number of rotatable bonds is 5. The van der Waals surface area contributed by atoms with Crippen LogP contribution in [-0.2, 0) is 26.3 Å². The summed E-state index contributed by atoms with van der Waals surface area (Å²) in [6.45, 7) is 2.80. The maximum atomic E-state index is 12.4. The summed E-state index contributed by atoms with van der Waals surface area (Å²) in [5, 5.41) is 4.33. The van der Waals surface area contributed by atoms with Gasteiger partial charge in [0.1, 0.15) is 5.75 Å². The number of benzene rings is 1. The Morgan fingerprint density at radius 3 is 3.10 bits per heavy atom. The van der Waals surface area contributed by atoms with Crippen molar-refractivity contribution in [3.05, 3.63) is 46.8 Å². The zero-order valence-corrected chi connectivity index (χ0v) is 12.6. The van der Waals surface area contributed by atoms with Crippen molar-refractivity contribution in [3.63, 3.8) is 0 Å². The number of hydrogen-bond donors (Lipinski definition) is 0. The van der Waals surface area contributed by atoms with Crippen LogP contribution in [-0.4, -0.2) is 22.2 Å². The lowest BCUT2D eigenvalue weighted by atomic mass is 10.0. The molecule has 0 aliphatic carbocycles. The molecule has 4 nitrogen and oxygen atoms in total. The van der Waals surface area contributed by atoms with Crippen LogP contribution in [0.5, 0.6) is 5.75 Å². The summed E-state index contributed by atoms with van der Waals surface area (Å²) in [5.74, 6) is 1.17. The molecule has 2 aromatic rings. The smallest absolute Gasteiger partial charge is 0.166 e. The predicted molar refractivity (Wildman–Crippen MR) is 80.9 cm³/mol. The van der Waals surface area contributed by atoms with Crippen LogP contribution in [0.25, 0.3) is 0 Å². The summed E-state index contributed by atoms with van der Waals surface area (Å²) in [6, 6.07) is 6.24. The summed E-state index contributed by atoms with van der Waals surface area (Å²) in [4.78, 5) is 12.4. The molecule has 0 N–H and O–H groups in total. The van der Waals surface area contributed by atoms with Crippen LogP contribution < -0.4 is 4.74 Å². The largest absolute Gasteiger partial charge is 0.493 e. The topological polar surface area (TPSA) is 44.1 Å². The second kappa shape index (κ2) is 5.72. The lowest BCUT2D eigenvalue weighted by Gasteiger charge is -2.04. The molecule has 0 saturated carbocycles. The van der Waals surface area contributed by atoms with Gasteiger partial charge in [-0.1, -0.05) is 19.1 Å². The summed E-state index contributed by atoms with van der Waals surface area (Å²) >= 11 is 0. The van der Waals surface area contributed by atoms with Gasteiger partial charge in [-0.05, 0) is 30.0 Å². The fourth-order valence-corrected chi connectivity index (χ4v) is 2.82. The number of aromatic nitrogens is 2. The Balaban J connectivity index is 1.68. The Morgan fingerprint density at radius 2 is 2.29 bits per heavy atom. The highest BCUT2D eigenvalue weighted by Gasteiger charge is 2.16. The second-order valence-electron chi connectivity index (χ2n) is 5.48. The number of nitrogens with zero attached hydrogens (tertiary/aromatic N) is 2. The zero-order chi connectivity index (χ0) is 14.8. The number of carbonyl (C=O) groups excluding carboxylic acids is 1. The van der Waals surface area contributed by atoms with Crippen molar-refractivity contribution in [2.24, 2.45) is 7.05 Å². The van der Waals surface area contributed by atoms with E-state index in [1.807, 2.05) is 26.2 Å². The van der Waals surface area contributed by atoms with Crippen LogP contribution in [0.3, 0.4) is 0 Å². The third kappa shape index (κ3) is 2.84. The number of carbonyl (C=O) groups is 1. The average Bonchev–Trinajstić information content (AvgIpc) is 3.09. The Morgan fingerprint density at radius 1 is 1.43 bits per heavy atom. The standard InChI is InChI=1S/C17H20N2O2/c1-3-15-14(11-19(2)18-15)16(20)6-4-12-5-7-17-13(10-12)8-9-21-17/h5,7,10-11H,3-4,6,8-9H2,1-2H3. The van der Waals surface area contributed by atoms with Gasteiger partial charge in [0.05, 0.1) is 17.9 Å². The number of fused-ring (bicyclic) bond motifs is 1. The lowest BCUT2D eigenvalue weighted by molar-refractivity contribution is 0.0982. The monoisotopic (exact) mass is 284 g/mol. The molecular formula is C17H20N2O2. The van der Waals surface area contributed by atoms with Gasteiger partial charge in [0.25, 0.3) is 0 Å². The van der Waals surface area contributed by atoms with E-state index in [1.54, 1.807) is 4.68 Å². The zero-order valence-electron chi connectivity index (χ0n) is 12.6. The van der Waals surface area contributed by atoms with Crippen molar-refractivity contribution in [2.45, 2.75) is 32.6 Å². The number of ketones is 1. The SMILES string of the molecule is CCc1nn(C)cc1C(=O)CCc1ccc2c(c1)CCO2. The molecule has 0 fully saturated rings. The van der Waals surface area contributed by atoms with Gasteiger partial charge in [-0.25, -0.2) is 0 Å². The Bertz CT molecular complexity index is 673. The van der Waals surface area contributed by atoms with Gasteiger partial charge in [-0.2, -0.15) is 5.10 Å². The fourth-order valence-electron chi connectivity index (χ4n) is 2.82. The molecule has 0 unspecified atom stereocenters. The van der Waals surface area contributed by atoms with E-state index in [1.165, 1.54) is 11.1 Å². The number of ether oxygens (including phenoxy) is 1. The first-order valence-electron chi connectivity index (χ1n) is 7.47. The molecule has 1 aliphatic rings. The predicted octanol–water partition coefficient (Wildman–Crippen LogP) is 2.73. The number of Topliss-reactive ketones (excluding diaryl/α,β-unsaturated/α-hetero) is 1. The van der Waals surface area contributed by atoms with Crippen LogP contribution in [0.4, 0.5) is 0 Å². The Labute approximate surface area is 124 Å². The van der Waals surface area contributed by atoms with Gasteiger partial charge < -0.3 is 4.74 Å². The first kappa shape index (κ1) is 13.9. The van der Waals surface area contributed by atoms with E-state index in [9.17, 15) is 4.79 Å². The average molecular weight is 284 g/mol. The summed E-state index contributed by atoms with van der Waals surface area (Å²) in [5.41, 5.74) is 4.12. The van der Waals surface area contributed by atoms with E-state index < -0.39 is 0 Å². The van der Waals surface area contributed by atoms with E-state index >= 15 is 0 Å². The molecule has 2 heterocycles. The highest BCUT2D eigenvalue weighted by molar-refractivity contribution is 5.97. The van der Waals surface area contributed by atoms with Gasteiger partial charge in [-0.15, -0.1) is 0 Å². The summed E-state index contributed by atoms with van der Waals surface area (Å²) in [6.07, 6.45) is 4.89. The van der Waals surface area contributed by atoms with Gasteiger partial charge in [0.2, 0.25) is 0 Å². The quantitative estimate of drug-likeness (QED) is 0.793. The lowest BCUT2D eigenvalue weighted by Crippen LogP contribution is -2.03. The highest BCUT2D eigenvalue weighted by atomic mass is 16.5.